The second kappa shape index (κ2) is 7.22. The number of nitrogens with zero attached hydrogens (tertiary/aromatic N) is 2. The fraction of sp³-hybridized carbons (Fsp3) is 0.217. The molecule has 30 heavy (non-hydrogen) atoms. The Bertz CT molecular complexity index is 1150. The highest BCUT2D eigenvalue weighted by atomic mass is 35.5. The van der Waals surface area contributed by atoms with Crippen molar-refractivity contribution in [3.05, 3.63) is 87.8 Å². The van der Waals surface area contributed by atoms with Crippen LogP contribution in [0.3, 0.4) is 0 Å². The first-order valence-electron chi connectivity index (χ1n) is 9.60. The highest BCUT2D eigenvalue weighted by Crippen LogP contribution is 2.48. The molecule has 0 saturated heterocycles. The highest BCUT2D eigenvalue weighted by molar-refractivity contribution is 6.30. The van der Waals surface area contributed by atoms with Gasteiger partial charge in [-0.05, 0) is 49.4 Å². The van der Waals surface area contributed by atoms with Crippen molar-refractivity contribution in [2.75, 3.05) is 7.11 Å². The summed E-state index contributed by atoms with van der Waals surface area (Å²) in [6, 6.07) is 16.7. The molecule has 6 nitrogen and oxygen atoms in total. The summed E-state index contributed by atoms with van der Waals surface area (Å²) in [5.74, 6) is 1.99. The zero-order valence-corrected chi connectivity index (χ0v) is 17.2. The lowest BCUT2D eigenvalue weighted by Crippen LogP contribution is -2.33. The molecule has 2 aliphatic heterocycles. The van der Waals surface area contributed by atoms with Gasteiger partial charge < -0.3 is 13.9 Å². The molecule has 0 radical (unpaired) electrons. The van der Waals surface area contributed by atoms with Crippen LogP contribution in [-0.4, -0.2) is 23.8 Å². The standard InChI is InChI=1S/C23H19ClN2O4/c1-13-3-9-21(29-13)18-12-19-17-11-16(24)8-10-20(17)30-22(26(19)25-18)14-4-6-15(7-5-14)23(27)28-2/h3-11,19,22H,12H2,1-2H3/t19-,22-/m1/s1. The van der Waals surface area contributed by atoms with Crippen molar-refractivity contribution in [1.29, 1.82) is 0 Å². The van der Waals surface area contributed by atoms with Gasteiger partial charge in [-0.3, -0.25) is 0 Å². The molecule has 2 aliphatic rings. The number of hydrogen-bond donors (Lipinski definition) is 0. The molecule has 3 aromatic rings. The number of esters is 1. The molecule has 0 amide bonds. The van der Waals surface area contributed by atoms with Crippen LogP contribution in [0.2, 0.25) is 5.02 Å². The zero-order chi connectivity index (χ0) is 20.8. The van der Waals surface area contributed by atoms with E-state index in [1.54, 1.807) is 12.1 Å². The average Bonchev–Trinajstić information content (AvgIpc) is 3.39. The van der Waals surface area contributed by atoms with E-state index in [0.29, 0.717) is 17.0 Å². The number of carbonyl (C=O) groups excluding carboxylic acids is 1. The second-order valence-corrected chi connectivity index (χ2v) is 7.76. The number of ether oxygens (including phenoxy) is 2. The molecule has 0 N–H and O–H groups in total. The third-order valence-electron chi connectivity index (χ3n) is 5.39. The van der Waals surface area contributed by atoms with E-state index in [-0.39, 0.29) is 12.0 Å². The van der Waals surface area contributed by atoms with Crippen LogP contribution in [0, 0.1) is 6.92 Å². The van der Waals surface area contributed by atoms with Crippen molar-refractivity contribution in [3.63, 3.8) is 0 Å². The van der Waals surface area contributed by atoms with Gasteiger partial charge in [-0.1, -0.05) is 23.7 Å². The van der Waals surface area contributed by atoms with E-state index >= 15 is 0 Å². The van der Waals surface area contributed by atoms with Crippen LogP contribution in [0.15, 0.2) is 64.1 Å². The minimum atomic E-state index is -0.441. The maximum absolute atomic E-state index is 11.8. The first-order chi connectivity index (χ1) is 14.5. The van der Waals surface area contributed by atoms with Gasteiger partial charge in [-0.15, -0.1) is 0 Å². The number of furan rings is 1. The van der Waals surface area contributed by atoms with Gasteiger partial charge in [0.15, 0.2) is 0 Å². The van der Waals surface area contributed by atoms with Crippen LogP contribution in [0.25, 0.3) is 0 Å². The molecule has 0 unspecified atom stereocenters. The summed E-state index contributed by atoms with van der Waals surface area (Å²) in [5, 5.41) is 7.45. The molecule has 0 bridgehead atoms. The number of hydrazone groups is 1. The summed E-state index contributed by atoms with van der Waals surface area (Å²) in [7, 11) is 1.37. The number of carbonyl (C=O) groups is 1. The summed E-state index contributed by atoms with van der Waals surface area (Å²) in [4.78, 5) is 11.8. The molecule has 0 fully saturated rings. The first kappa shape index (κ1) is 18.8. The van der Waals surface area contributed by atoms with Gasteiger partial charge in [0, 0.05) is 22.6 Å². The van der Waals surface area contributed by atoms with Gasteiger partial charge >= 0.3 is 5.97 Å². The van der Waals surface area contributed by atoms with E-state index in [1.165, 1.54) is 7.11 Å². The SMILES string of the molecule is COC(=O)c1ccc([C@H]2Oc3ccc(Cl)cc3[C@H]3CC(c4ccc(C)o4)=NN32)cc1. The lowest BCUT2D eigenvalue weighted by atomic mass is 9.97. The number of benzene rings is 2. The van der Waals surface area contributed by atoms with Crippen LogP contribution in [0.4, 0.5) is 0 Å². The predicted molar refractivity (Wildman–Crippen MR) is 112 cm³/mol. The van der Waals surface area contributed by atoms with Crippen LogP contribution < -0.4 is 4.74 Å². The van der Waals surface area contributed by atoms with Gasteiger partial charge in [0.2, 0.25) is 6.23 Å². The molecule has 1 aromatic heterocycles. The topological polar surface area (TPSA) is 64.3 Å². The van der Waals surface area contributed by atoms with E-state index < -0.39 is 6.23 Å². The Kier molecular flexibility index (Phi) is 4.51. The summed E-state index contributed by atoms with van der Waals surface area (Å²) >= 11 is 6.26. The number of methoxy groups -OCH3 is 1. The molecule has 2 aromatic carbocycles. The summed E-state index contributed by atoms with van der Waals surface area (Å²) in [6.45, 7) is 1.91. The van der Waals surface area contributed by atoms with Crippen LogP contribution in [-0.2, 0) is 4.74 Å². The molecule has 152 valence electrons. The average molecular weight is 423 g/mol. The fourth-order valence-electron chi connectivity index (χ4n) is 3.92. The minimum absolute atomic E-state index is 0.0295. The van der Waals surface area contributed by atoms with Crippen molar-refractivity contribution < 1.29 is 18.7 Å². The van der Waals surface area contributed by atoms with Crippen molar-refractivity contribution in [3.8, 4) is 5.75 Å². The van der Waals surface area contributed by atoms with Gasteiger partial charge in [0.1, 0.15) is 23.0 Å². The number of hydrogen-bond acceptors (Lipinski definition) is 6. The summed E-state index contributed by atoms with van der Waals surface area (Å²) in [5.41, 5.74) is 3.22. The third kappa shape index (κ3) is 3.13. The Morgan fingerprint density at radius 2 is 1.97 bits per heavy atom. The molecule has 7 heteroatoms. The number of fused-ring (bicyclic) bond motifs is 3. The molecular formula is C23H19ClN2O4. The van der Waals surface area contributed by atoms with Crippen molar-refractivity contribution >= 4 is 23.3 Å². The largest absolute Gasteiger partial charge is 0.465 e. The van der Waals surface area contributed by atoms with Crippen molar-refractivity contribution in [2.24, 2.45) is 5.10 Å². The summed E-state index contributed by atoms with van der Waals surface area (Å²) in [6.07, 6.45) is 0.240. The number of aryl methyl sites for hydroxylation is 1. The fourth-order valence-corrected chi connectivity index (χ4v) is 4.10. The van der Waals surface area contributed by atoms with Gasteiger partial charge in [-0.25, -0.2) is 9.80 Å². The van der Waals surface area contributed by atoms with Crippen LogP contribution in [0.1, 0.15) is 51.7 Å². The second-order valence-electron chi connectivity index (χ2n) is 7.32. The highest BCUT2D eigenvalue weighted by Gasteiger charge is 2.41. The molecular weight excluding hydrogens is 404 g/mol. The van der Waals surface area contributed by atoms with E-state index in [4.69, 9.17) is 30.6 Å². The lowest BCUT2D eigenvalue weighted by Gasteiger charge is -2.38. The van der Waals surface area contributed by atoms with E-state index in [2.05, 4.69) is 0 Å². The van der Waals surface area contributed by atoms with Crippen molar-refractivity contribution in [2.45, 2.75) is 25.6 Å². The molecule has 0 saturated carbocycles. The normalized spacial score (nSPS) is 19.6. The Hall–Kier alpha value is -3.25. The van der Waals surface area contributed by atoms with Crippen molar-refractivity contribution in [1.82, 2.24) is 5.01 Å². The predicted octanol–water partition coefficient (Wildman–Crippen LogP) is 5.27. The molecule has 5 rings (SSSR count). The monoisotopic (exact) mass is 422 g/mol. The van der Waals surface area contributed by atoms with E-state index in [1.807, 2.05) is 54.4 Å². The molecule has 0 aliphatic carbocycles. The van der Waals surface area contributed by atoms with E-state index in [0.717, 1.165) is 34.1 Å². The molecule has 3 heterocycles. The number of halogens is 1. The van der Waals surface area contributed by atoms with Crippen LogP contribution >= 0.6 is 11.6 Å². The first-order valence-corrected chi connectivity index (χ1v) is 9.98. The van der Waals surface area contributed by atoms with Gasteiger partial charge in [0.05, 0.1) is 18.7 Å². The maximum Gasteiger partial charge on any atom is 0.337 e. The third-order valence-corrected chi connectivity index (χ3v) is 5.63. The van der Waals surface area contributed by atoms with Gasteiger partial charge in [-0.2, -0.15) is 5.10 Å². The lowest BCUT2D eigenvalue weighted by molar-refractivity contribution is -0.0190. The quantitative estimate of drug-likeness (QED) is 0.538. The Morgan fingerprint density at radius 3 is 2.67 bits per heavy atom. The Balaban J connectivity index is 1.56. The zero-order valence-electron chi connectivity index (χ0n) is 16.5. The molecule has 0 spiro atoms. The minimum Gasteiger partial charge on any atom is -0.465 e. The smallest absolute Gasteiger partial charge is 0.337 e. The number of rotatable bonds is 3. The van der Waals surface area contributed by atoms with Crippen LogP contribution in [0.5, 0.6) is 5.75 Å². The Morgan fingerprint density at radius 1 is 1.17 bits per heavy atom. The summed E-state index contributed by atoms with van der Waals surface area (Å²) < 4.78 is 16.9. The van der Waals surface area contributed by atoms with E-state index in [9.17, 15) is 4.79 Å². The van der Waals surface area contributed by atoms with Gasteiger partial charge in [0.25, 0.3) is 0 Å². The Labute approximate surface area is 178 Å². The molecule has 2 atom stereocenters. The maximum atomic E-state index is 11.8.